The summed E-state index contributed by atoms with van der Waals surface area (Å²) in [5, 5.41) is 0. The van der Waals surface area contributed by atoms with Crippen LogP contribution in [-0.4, -0.2) is 64.2 Å². The van der Waals surface area contributed by atoms with Crippen LogP contribution in [0.25, 0.3) is 0 Å². The van der Waals surface area contributed by atoms with E-state index >= 15 is 0 Å². The van der Waals surface area contributed by atoms with Crippen molar-refractivity contribution in [1.82, 2.24) is 0 Å². The van der Waals surface area contributed by atoms with Crippen LogP contribution in [0.4, 0.5) is 0 Å². The summed E-state index contributed by atoms with van der Waals surface area (Å²) in [4.78, 5) is 0. The quantitative estimate of drug-likeness (QED) is 0.391. The first-order valence-corrected chi connectivity index (χ1v) is 13.0. The Morgan fingerprint density at radius 1 is 0.769 bits per heavy atom. The number of rotatable bonds is 13. The minimum absolute atomic E-state index is 0. The second-order valence-corrected chi connectivity index (χ2v) is 11.4. The van der Waals surface area contributed by atoms with Gasteiger partial charge in [0.25, 0.3) is 0 Å². The molecule has 0 heterocycles. The molecule has 0 aliphatic rings. The van der Waals surface area contributed by atoms with Gasteiger partial charge in [-0.15, -0.1) is 0 Å². The molecule has 0 saturated heterocycles. The van der Waals surface area contributed by atoms with Crippen LogP contribution in [0.5, 0.6) is 0 Å². The third-order valence-corrected chi connectivity index (χ3v) is 8.85. The summed E-state index contributed by atoms with van der Waals surface area (Å²) in [5.41, 5.74) is 0. The van der Waals surface area contributed by atoms with Crippen LogP contribution in [0.15, 0.2) is 0 Å². The minimum atomic E-state index is -2.36. The molecule has 0 saturated carbocycles. The average molecular weight is 441 g/mol. The molecule has 0 atom stereocenters. The summed E-state index contributed by atoms with van der Waals surface area (Å²) in [6.45, 7) is 14.3. The molecule has 0 radical (unpaired) electrons. The van der Waals surface area contributed by atoms with Crippen molar-refractivity contribution in [2.75, 3.05) is 41.2 Å². The van der Waals surface area contributed by atoms with Gasteiger partial charge in [-0.25, -0.2) is 0 Å². The largest absolute Gasteiger partial charge is 1.00 e. The van der Waals surface area contributed by atoms with E-state index in [0.29, 0.717) is 19.8 Å². The fourth-order valence-corrected chi connectivity index (χ4v) is 5.12. The van der Waals surface area contributed by atoms with Crippen molar-refractivity contribution in [1.29, 1.82) is 0 Å². The van der Waals surface area contributed by atoms with Crippen molar-refractivity contribution in [2.24, 2.45) is 5.92 Å². The fourth-order valence-electron chi connectivity index (χ4n) is 1.98. The van der Waals surface area contributed by atoms with Gasteiger partial charge in [0.1, 0.15) is 0 Å². The standard InChI is InChI=1S/C12H28O3Si.C4H12O3Si.K.H2O/c1-6-13-16(14-7-2,15-8-3)11-9-10-12(4)5;1-5-8(4,6-2)7-3;;/h12H,6-11H2,1-5H3;1-4H3;;1H2/q;;+1;/p-1. The Hall–Kier alpha value is 1.79. The van der Waals surface area contributed by atoms with E-state index in [1.54, 1.807) is 21.3 Å². The smallest absolute Gasteiger partial charge is 0.870 e. The average Bonchev–Trinajstić information content (AvgIpc) is 2.55. The van der Waals surface area contributed by atoms with Gasteiger partial charge in [0, 0.05) is 53.7 Å². The third-order valence-electron chi connectivity index (χ3n) is 3.47. The van der Waals surface area contributed by atoms with E-state index in [4.69, 9.17) is 26.6 Å². The molecule has 0 aliphatic heterocycles. The number of hydrogen-bond acceptors (Lipinski definition) is 7. The van der Waals surface area contributed by atoms with E-state index in [1.807, 2.05) is 27.3 Å². The molecule has 0 rings (SSSR count). The maximum Gasteiger partial charge on any atom is 1.00 e. The van der Waals surface area contributed by atoms with Crippen molar-refractivity contribution in [2.45, 2.75) is 60.1 Å². The molecule has 0 aromatic heterocycles. The van der Waals surface area contributed by atoms with Crippen molar-refractivity contribution < 1.29 is 83.4 Å². The molecule has 0 bridgehead atoms. The maximum absolute atomic E-state index is 5.79. The van der Waals surface area contributed by atoms with Crippen molar-refractivity contribution in [3.05, 3.63) is 0 Å². The van der Waals surface area contributed by atoms with Gasteiger partial charge in [0.2, 0.25) is 0 Å². The van der Waals surface area contributed by atoms with Crippen LogP contribution >= 0.6 is 0 Å². The molecular weight excluding hydrogens is 399 g/mol. The van der Waals surface area contributed by atoms with Gasteiger partial charge >= 0.3 is 69.0 Å². The van der Waals surface area contributed by atoms with Gasteiger partial charge in [-0.3, -0.25) is 0 Å². The molecule has 0 spiro atoms. The van der Waals surface area contributed by atoms with Crippen molar-refractivity contribution >= 4 is 17.6 Å². The SMILES string of the molecule is CCO[Si](CCCC(C)C)(OCC)OCC.CO[Si](C)(OC)OC.[K+].[OH-]. The molecule has 0 unspecified atom stereocenters. The van der Waals surface area contributed by atoms with Crippen molar-refractivity contribution in [3.8, 4) is 0 Å². The summed E-state index contributed by atoms with van der Waals surface area (Å²) < 4.78 is 32.2. The molecule has 0 fully saturated rings. The summed E-state index contributed by atoms with van der Waals surface area (Å²) in [6.07, 6.45) is 2.34. The Morgan fingerprint density at radius 3 is 1.31 bits per heavy atom. The van der Waals surface area contributed by atoms with E-state index in [0.717, 1.165) is 18.4 Å². The second kappa shape index (κ2) is 21.5. The molecule has 0 amide bonds. The van der Waals surface area contributed by atoms with Crippen molar-refractivity contribution in [3.63, 3.8) is 0 Å². The maximum atomic E-state index is 5.79. The van der Waals surface area contributed by atoms with Gasteiger partial charge < -0.3 is 32.0 Å². The Morgan fingerprint density at radius 2 is 1.12 bits per heavy atom. The molecule has 0 aromatic rings. The third kappa shape index (κ3) is 17.9. The van der Waals surface area contributed by atoms with Gasteiger partial charge in [0.05, 0.1) is 0 Å². The predicted octanol–water partition coefficient (Wildman–Crippen LogP) is 0.793. The summed E-state index contributed by atoms with van der Waals surface area (Å²) >= 11 is 0. The van der Waals surface area contributed by atoms with Crippen LogP contribution in [0, 0.1) is 5.92 Å². The first-order valence-electron chi connectivity index (χ1n) is 8.85. The second-order valence-electron chi connectivity index (χ2n) is 5.74. The van der Waals surface area contributed by atoms with Gasteiger partial charge in [-0.2, -0.15) is 0 Å². The monoisotopic (exact) mass is 440 g/mol. The van der Waals surface area contributed by atoms with Crippen LogP contribution in [0.3, 0.4) is 0 Å². The molecule has 1 N–H and O–H groups in total. The van der Waals surface area contributed by atoms with Crippen LogP contribution in [0.2, 0.25) is 12.6 Å². The van der Waals surface area contributed by atoms with Gasteiger partial charge in [-0.1, -0.05) is 20.3 Å². The topological polar surface area (TPSA) is 85.4 Å². The predicted molar refractivity (Wildman–Crippen MR) is 104 cm³/mol. The van der Waals surface area contributed by atoms with Gasteiger partial charge in [0.15, 0.2) is 0 Å². The molecule has 0 aromatic carbocycles. The molecule has 0 aliphatic carbocycles. The first-order chi connectivity index (χ1) is 11.3. The number of hydrogen-bond donors (Lipinski definition) is 0. The normalized spacial score (nSPS) is 11.3. The molecule has 10 heteroatoms. The van der Waals surface area contributed by atoms with E-state index in [2.05, 4.69) is 13.8 Å². The fraction of sp³-hybridized carbons (Fsp3) is 1.00. The van der Waals surface area contributed by atoms with E-state index in [9.17, 15) is 0 Å². The Bertz CT molecular complexity index is 258. The minimum Gasteiger partial charge on any atom is -0.870 e. The molecule has 156 valence electrons. The van der Waals surface area contributed by atoms with Gasteiger partial charge in [-0.05, 0) is 33.1 Å². The van der Waals surface area contributed by atoms with E-state index in [1.165, 1.54) is 6.42 Å². The molecule has 7 nitrogen and oxygen atoms in total. The van der Waals surface area contributed by atoms with Crippen LogP contribution < -0.4 is 51.4 Å². The summed E-state index contributed by atoms with van der Waals surface area (Å²) in [5.74, 6) is 0.733. The van der Waals surface area contributed by atoms with E-state index < -0.39 is 17.6 Å². The molecule has 26 heavy (non-hydrogen) atoms. The summed E-state index contributed by atoms with van der Waals surface area (Å²) in [7, 11) is 0.214. The Balaban J connectivity index is -0.000000208. The van der Waals surface area contributed by atoms with Crippen LogP contribution in [-0.2, 0) is 26.6 Å². The zero-order valence-electron chi connectivity index (χ0n) is 18.7. The first kappa shape index (κ1) is 35.2. The van der Waals surface area contributed by atoms with Crippen LogP contribution in [0.1, 0.15) is 47.5 Å². The summed E-state index contributed by atoms with van der Waals surface area (Å²) in [6, 6.07) is 0.945. The zero-order chi connectivity index (χ0) is 19.1. The molecular formula is C16H41KO7Si2. The Labute approximate surface area is 206 Å². The Kier molecular flexibility index (Phi) is 29.1. The van der Waals surface area contributed by atoms with E-state index in [-0.39, 0.29) is 56.9 Å². The zero-order valence-corrected chi connectivity index (χ0v) is 23.8.